The maximum atomic E-state index is 3.30. The predicted molar refractivity (Wildman–Crippen MR) is 73.1 cm³/mol. The van der Waals surface area contributed by atoms with Crippen LogP contribution in [0.25, 0.3) is 0 Å². The molecule has 1 N–H and O–H groups in total. The van der Waals surface area contributed by atoms with Crippen molar-refractivity contribution in [1.29, 1.82) is 0 Å². The van der Waals surface area contributed by atoms with E-state index in [-0.39, 0.29) is 0 Å². The van der Waals surface area contributed by atoms with Gasteiger partial charge in [-0.15, -0.1) is 0 Å². The van der Waals surface area contributed by atoms with Gasteiger partial charge in [-0.25, -0.2) is 0 Å². The van der Waals surface area contributed by atoms with E-state index in [0.29, 0.717) is 0 Å². The lowest BCUT2D eigenvalue weighted by Crippen LogP contribution is -2.48. The van der Waals surface area contributed by atoms with Crippen LogP contribution in [0.3, 0.4) is 0 Å². The molecule has 94 valence electrons. The first kappa shape index (κ1) is 12.6. The van der Waals surface area contributed by atoms with E-state index in [0.717, 1.165) is 25.0 Å². The lowest BCUT2D eigenvalue weighted by atomic mass is 9.78. The van der Waals surface area contributed by atoms with E-state index in [9.17, 15) is 0 Å². The highest BCUT2D eigenvalue weighted by atomic mass is 15.1. The van der Waals surface area contributed by atoms with Crippen LogP contribution in [0, 0.1) is 12.8 Å². The molecule has 0 amide bonds. The molecule has 0 radical (unpaired) electrons. The lowest BCUT2D eigenvalue weighted by molar-refractivity contribution is 0.0793. The Hall–Kier alpha value is -0.860. The van der Waals surface area contributed by atoms with Crippen molar-refractivity contribution in [2.45, 2.75) is 32.4 Å². The van der Waals surface area contributed by atoms with E-state index < -0.39 is 0 Å². The molecular weight excluding hydrogens is 208 g/mol. The van der Waals surface area contributed by atoms with Crippen LogP contribution in [0.5, 0.6) is 0 Å². The van der Waals surface area contributed by atoms with Crippen LogP contribution in [-0.4, -0.2) is 31.6 Å². The van der Waals surface area contributed by atoms with Gasteiger partial charge in [-0.3, -0.25) is 4.90 Å². The summed E-state index contributed by atoms with van der Waals surface area (Å²) in [7, 11) is 4.31. The molecule has 1 saturated carbocycles. The van der Waals surface area contributed by atoms with Crippen molar-refractivity contribution in [2.75, 3.05) is 20.6 Å². The zero-order valence-electron chi connectivity index (χ0n) is 11.2. The Labute approximate surface area is 105 Å². The zero-order valence-corrected chi connectivity index (χ0v) is 11.2. The zero-order chi connectivity index (χ0) is 12.3. The molecule has 0 saturated heterocycles. The number of nitrogens with zero attached hydrogens (tertiary/aromatic N) is 1. The average molecular weight is 232 g/mol. The summed E-state index contributed by atoms with van der Waals surface area (Å²) < 4.78 is 0. The smallest absolute Gasteiger partial charge is 0.0233 e. The number of nitrogens with one attached hydrogen (secondary N) is 1. The van der Waals surface area contributed by atoms with E-state index in [1.807, 2.05) is 0 Å². The average Bonchev–Trinajstić information content (AvgIpc) is 2.24. The van der Waals surface area contributed by atoms with Gasteiger partial charge in [0.15, 0.2) is 0 Å². The van der Waals surface area contributed by atoms with Crippen molar-refractivity contribution in [3.05, 3.63) is 35.4 Å². The molecule has 1 aliphatic rings. The summed E-state index contributed by atoms with van der Waals surface area (Å²) in [4.78, 5) is 2.51. The van der Waals surface area contributed by atoms with Gasteiger partial charge in [0.05, 0.1) is 0 Å². The Morgan fingerprint density at radius 3 is 2.76 bits per heavy atom. The monoisotopic (exact) mass is 232 g/mol. The summed E-state index contributed by atoms with van der Waals surface area (Å²) >= 11 is 0. The minimum Gasteiger partial charge on any atom is -0.319 e. The number of hydrogen-bond donors (Lipinski definition) is 1. The Morgan fingerprint density at radius 2 is 2.18 bits per heavy atom. The molecule has 0 aliphatic heterocycles. The summed E-state index contributed by atoms with van der Waals surface area (Å²) in [5.41, 5.74) is 2.79. The van der Waals surface area contributed by atoms with Crippen LogP contribution >= 0.6 is 0 Å². The molecule has 1 aromatic rings. The first-order valence-corrected chi connectivity index (χ1v) is 6.61. The Morgan fingerprint density at radius 1 is 1.35 bits per heavy atom. The van der Waals surface area contributed by atoms with Gasteiger partial charge in [0.1, 0.15) is 0 Å². The highest BCUT2D eigenvalue weighted by molar-refractivity contribution is 5.22. The third-order valence-electron chi connectivity index (χ3n) is 3.92. The van der Waals surface area contributed by atoms with Gasteiger partial charge < -0.3 is 5.32 Å². The minimum atomic E-state index is 0.767. The largest absolute Gasteiger partial charge is 0.319 e. The summed E-state index contributed by atoms with van der Waals surface area (Å²) in [5.74, 6) is 0.842. The Balaban J connectivity index is 1.90. The van der Waals surface area contributed by atoms with Crippen LogP contribution in [-0.2, 0) is 6.54 Å². The van der Waals surface area contributed by atoms with Crippen LogP contribution in [0.15, 0.2) is 24.3 Å². The van der Waals surface area contributed by atoms with Crippen molar-refractivity contribution >= 4 is 0 Å². The summed E-state index contributed by atoms with van der Waals surface area (Å²) in [6, 6.07) is 9.61. The Bertz CT molecular complexity index is 362. The maximum Gasteiger partial charge on any atom is 0.0233 e. The molecule has 0 spiro atoms. The fourth-order valence-corrected chi connectivity index (χ4v) is 2.85. The van der Waals surface area contributed by atoms with E-state index in [2.05, 4.69) is 55.5 Å². The van der Waals surface area contributed by atoms with E-state index in [1.54, 1.807) is 0 Å². The third kappa shape index (κ3) is 3.08. The third-order valence-corrected chi connectivity index (χ3v) is 3.92. The highest BCUT2D eigenvalue weighted by Gasteiger charge is 2.32. The molecule has 0 bridgehead atoms. The summed E-state index contributed by atoms with van der Waals surface area (Å²) in [6.45, 7) is 4.39. The van der Waals surface area contributed by atoms with E-state index in [4.69, 9.17) is 0 Å². The van der Waals surface area contributed by atoms with Crippen LogP contribution in [0.4, 0.5) is 0 Å². The van der Waals surface area contributed by atoms with Crippen LogP contribution < -0.4 is 5.32 Å². The van der Waals surface area contributed by atoms with Gasteiger partial charge in [-0.05, 0) is 51.9 Å². The molecule has 0 heterocycles. The fraction of sp³-hybridized carbons (Fsp3) is 0.600. The van der Waals surface area contributed by atoms with Crippen molar-refractivity contribution < 1.29 is 0 Å². The predicted octanol–water partition coefficient (Wildman–Crippen LogP) is 2.42. The molecule has 1 fully saturated rings. The van der Waals surface area contributed by atoms with Gasteiger partial charge in [-0.2, -0.15) is 0 Å². The normalized spacial score (nSPS) is 23.8. The molecular formula is C15H24N2. The van der Waals surface area contributed by atoms with Gasteiger partial charge >= 0.3 is 0 Å². The van der Waals surface area contributed by atoms with E-state index >= 15 is 0 Å². The quantitative estimate of drug-likeness (QED) is 0.839. The molecule has 2 rings (SSSR count). The number of rotatable bonds is 5. The summed E-state index contributed by atoms with van der Waals surface area (Å²) in [5, 5.41) is 3.30. The van der Waals surface area contributed by atoms with E-state index in [1.165, 1.54) is 24.0 Å². The van der Waals surface area contributed by atoms with Crippen molar-refractivity contribution in [1.82, 2.24) is 10.2 Å². The number of benzene rings is 1. The standard InChI is InChI=1S/C15H24N2/c1-12-5-4-6-13(9-12)11-17(3)15-8-7-14(15)10-16-2/h4-6,9,14-16H,7-8,10-11H2,1-3H3. The Kier molecular flexibility index (Phi) is 4.19. The van der Waals surface area contributed by atoms with Crippen molar-refractivity contribution in [3.63, 3.8) is 0 Å². The van der Waals surface area contributed by atoms with Crippen molar-refractivity contribution in [2.24, 2.45) is 5.92 Å². The molecule has 2 nitrogen and oxygen atoms in total. The second kappa shape index (κ2) is 5.65. The maximum absolute atomic E-state index is 3.30. The van der Waals surface area contributed by atoms with Crippen molar-refractivity contribution in [3.8, 4) is 0 Å². The molecule has 2 unspecified atom stereocenters. The highest BCUT2D eigenvalue weighted by Crippen LogP contribution is 2.31. The molecule has 2 atom stereocenters. The SMILES string of the molecule is CNCC1CCC1N(C)Cc1cccc(C)c1. The first-order chi connectivity index (χ1) is 8.20. The number of hydrogen-bond acceptors (Lipinski definition) is 2. The summed E-state index contributed by atoms with van der Waals surface area (Å²) in [6.07, 6.45) is 2.73. The second-order valence-corrected chi connectivity index (χ2v) is 5.37. The molecule has 1 aromatic carbocycles. The molecule has 0 aromatic heterocycles. The minimum absolute atomic E-state index is 0.767. The second-order valence-electron chi connectivity index (χ2n) is 5.37. The topological polar surface area (TPSA) is 15.3 Å². The van der Waals surface area contributed by atoms with Gasteiger partial charge in [0.2, 0.25) is 0 Å². The first-order valence-electron chi connectivity index (χ1n) is 6.61. The number of aryl methyl sites for hydroxylation is 1. The molecule has 1 aliphatic carbocycles. The fourth-order valence-electron chi connectivity index (χ4n) is 2.85. The lowest BCUT2D eigenvalue weighted by Gasteiger charge is -2.43. The van der Waals surface area contributed by atoms with Crippen LogP contribution in [0.2, 0.25) is 0 Å². The van der Waals surface area contributed by atoms with Crippen LogP contribution in [0.1, 0.15) is 24.0 Å². The van der Waals surface area contributed by atoms with Gasteiger partial charge in [0, 0.05) is 12.6 Å². The van der Waals surface area contributed by atoms with Gasteiger partial charge in [0.25, 0.3) is 0 Å². The molecule has 17 heavy (non-hydrogen) atoms. The molecule has 2 heteroatoms. The van der Waals surface area contributed by atoms with Gasteiger partial charge in [-0.1, -0.05) is 29.8 Å².